The zero-order valence-electron chi connectivity index (χ0n) is 17.6. The van der Waals surface area contributed by atoms with Crippen molar-refractivity contribution in [3.8, 4) is 11.5 Å². The monoisotopic (exact) mass is 410 g/mol. The van der Waals surface area contributed by atoms with Gasteiger partial charge in [0.2, 0.25) is 11.8 Å². The summed E-state index contributed by atoms with van der Waals surface area (Å²) in [6.45, 7) is 4.91. The topological polar surface area (TPSA) is 76.7 Å². The second-order valence-electron chi connectivity index (χ2n) is 7.39. The van der Waals surface area contributed by atoms with Crippen LogP contribution < -0.4 is 20.1 Å². The number of carbonyl (C=O) groups excluding carboxylic acids is 2. The highest BCUT2D eigenvalue weighted by Crippen LogP contribution is 2.33. The van der Waals surface area contributed by atoms with E-state index in [9.17, 15) is 9.59 Å². The van der Waals surface area contributed by atoms with Crippen LogP contribution in [-0.4, -0.2) is 25.0 Å². The van der Waals surface area contributed by atoms with Gasteiger partial charge < -0.3 is 20.1 Å². The van der Waals surface area contributed by atoms with Gasteiger partial charge in [0.15, 0.2) is 0 Å². The first-order chi connectivity index (χ1) is 14.6. The molecule has 0 aliphatic heterocycles. The van der Waals surface area contributed by atoms with Crippen molar-refractivity contribution in [2.75, 3.05) is 23.8 Å². The van der Waals surface area contributed by atoms with Gasteiger partial charge in [-0.05, 0) is 63.8 Å². The maximum Gasteiger partial charge on any atom is 0.227 e. The Labute approximate surface area is 178 Å². The average Bonchev–Trinajstić information content (AvgIpc) is 2.77. The van der Waals surface area contributed by atoms with Gasteiger partial charge in [0, 0.05) is 11.8 Å². The summed E-state index contributed by atoms with van der Waals surface area (Å²) >= 11 is 0. The van der Waals surface area contributed by atoms with Crippen molar-refractivity contribution in [3.05, 3.63) is 48.5 Å². The molecule has 0 aromatic heterocycles. The molecule has 160 valence electrons. The van der Waals surface area contributed by atoms with Crippen LogP contribution in [0.4, 0.5) is 11.4 Å². The van der Waals surface area contributed by atoms with E-state index in [0.717, 1.165) is 0 Å². The lowest BCUT2D eigenvalue weighted by Crippen LogP contribution is -2.32. The highest BCUT2D eigenvalue weighted by Gasteiger charge is 2.30. The molecule has 2 aromatic rings. The number of hydrogen-bond donors (Lipinski definition) is 2. The van der Waals surface area contributed by atoms with E-state index in [4.69, 9.17) is 9.47 Å². The molecule has 2 amide bonds. The maximum atomic E-state index is 12.7. The maximum absolute atomic E-state index is 12.7. The summed E-state index contributed by atoms with van der Waals surface area (Å²) in [6.07, 6.45) is 2.75. The number of rotatable bonds is 8. The number of benzene rings is 2. The molecular weight excluding hydrogens is 380 g/mol. The van der Waals surface area contributed by atoms with Gasteiger partial charge in [0.1, 0.15) is 11.5 Å². The van der Waals surface area contributed by atoms with Gasteiger partial charge in [0.25, 0.3) is 0 Å². The smallest absolute Gasteiger partial charge is 0.227 e. The Bertz CT molecular complexity index is 788. The predicted octanol–water partition coefficient (Wildman–Crippen LogP) is 4.87. The molecule has 2 aromatic carbocycles. The lowest BCUT2D eigenvalue weighted by atomic mass is 9.81. The van der Waals surface area contributed by atoms with Gasteiger partial charge in [-0.15, -0.1) is 0 Å². The van der Waals surface area contributed by atoms with Crippen LogP contribution in [0, 0.1) is 11.8 Å². The van der Waals surface area contributed by atoms with E-state index in [0.29, 0.717) is 61.8 Å². The fourth-order valence-electron chi connectivity index (χ4n) is 3.79. The van der Waals surface area contributed by atoms with E-state index in [-0.39, 0.29) is 23.7 Å². The third-order valence-corrected chi connectivity index (χ3v) is 5.36. The first-order valence-corrected chi connectivity index (χ1v) is 10.7. The van der Waals surface area contributed by atoms with Crippen LogP contribution in [0.15, 0.2) is 48.5 Å². The fourth-order valence-corrected chi connectivity index (χ4v) is 3.79. The summed E-state index contributed by atoms with van der Waals surface area (Å²) in [5.74, 6) is 1.13. The lowest BCUT2D eigenvalue weighted by Gasteiger charge is -2.27. The Morgan fingerprint density at radius 3 is 1.47 bits per heavy atom. The molecule has 30 heavy (non-hydrogen) atoms. The zero-order chi connectivity index (χ0) is 21.3. The number of amides is 2. The molecule has 2 N–H and O–H groups in total. The molecule has 1 fully saturated rings. The SMILES string of the molecule is CCOc1ccccc1NC(=O)C1CCC(C(=O)Nc2ccccc2OCC)CC1. The largest absolute Gasteiger partial charge is 0.492 e. The number of anilines is 2. The van der Waals surface area contributed by atoms with Gasteiger partial charge in [-0.1, -0.05) is 24.3 Å². The standard InChI is InChI=1S/C24H30N2O4/c1-3-29-21-11-7-5-9-19(21)25-23(27)17-13-15-18(16-14-17)24(28)26-20-10-6-8-12-22(20)30-4-2/h5-12,17-18H,3-4,13-16H2,1-2H3,(H,25,27)(H,26,28). The summed E-state index contributed by atoms with van der Waals surface area (Å²) in [7, 11) is 0. The van der Waals surface area contributed by atoms with Gasteiger partial charge in [-0.25, -0.2) is 0 Å². The van der Waals surface area contributed by atoms with Crippen LogP contribution in [-0.2, 0) is 9.59 Å². The number of nitrogens with one attached hydrogen (secondary N) is 2. The van der Waals surface area contributed by atoms with Crippen LogP contribution in [0.1, 0.15) is 39.5 Å². The zero-order valence-corrected chi connectivity index (χ0v) is 17.6. The molecule has 1 aliphatic rings. The van der Waals surface area contributed by atoms with E-state index in [1.54, 1.807) is 0 Å². The average molecular weight is 411 g/mol. The van der Waals surface area contributed by atoms with Crippen molar-refractivity contribution in [1.82, 2.24) is 0 Å². The second-order valence-corrected chi connectivity index (χ2v) is 7.39. The molecule has 1 saturated carbocycles. The normalized spacial score (nSPS) is 18.3. The summed E-state index contributed by atoms with van der Waals surface area (Å²) in [4.78, 5) is 25.4. The van der Waals surface area contributed by atoms with Crippen LogP contribution >= 0.6 is 0 Å². The van der Waals surface area contributed by atoms with Crippen molar-refractivity contribution in [1.29, 1.82) is 0 Å². The van der Waals surface area contributed by atoms with Crippen molar-refractivity contribution in [3.63, 3.8) is 0 Å². The Kier molecular flexibility index (Phi) is 7.71. The first kappa shape index (κ1) is 21.7. The lowest BCUT2D eigenvalue weighted by molar-refractivity contribution is -0.125. The van der Waals surface area contributed by atoms with Gasteiger partial charge in [0.05, 0.1) is 24.6 Å². The molecule has 0 spiro atoms. The Balaban J connectivity index is 1.53. The van der Waals surface area contributed by atoms with Crippen molar-refractivity contribution >= 4 is 23.2 Å². The summed E-state index contributed by atoms with van der Waals surface area (Å²) in [6, 6.07) is 14.9. The third kappa shape index (κ3) is 5.53. The minimum absolute atomic E-state index is 0.0114. The van der Waals surface area contributed by atoms with Gasteiger partial charge in [-0.2, -0.15) is 0 Å². The van der Waals surface area contributed by atoms with E-state index in [2.05, 4.69) is 10.6 Å². The Morgan fingerprint density at radius 2 is 1.10 bits per heavy atom. The number of ether oxygens (including phenoxy) is 2. The highest BCUT2D eigenvalue weighted by atomic mass is 16.5. The second kappa shape index (κ2) is 10.7. The molecular formula is C24H30N2O4. The van der Waals surface area contributed by atoms with E-state index < -0.39 is 0 Å². The summed E-state index contributed by atoms with van der Waals surface area (Å²) in [5.41, 5.74) is 1.38. The van der Waals surface area contributed by atoms with E-state index >= 15 is 0 Å². The Hall–Kier alpha value is -3.02. The fraction of sp³-hybridized carbons (Fsp3) is 0.417. The third-order valence-electron chi connectivity index (χ3n) is 5.36. The van der Waals surface area contributed by atoms with Gasteiger partial charge >= 0.3 is 0 Å². The minimum atomic E-state index is -0.0977. The molecule has 3 rings (SSSR count). The number of carbonyl (C=O) groups is 2. The first-order valence-electron chi connectivity index (χ1n) is 10.7. The quantitative estimate of drug-likeness (QED) is 0.651. The number of para-hydroxylation sites is 4. The molecule has 6 heteroatoms. The van der Waals surface area contributed by atoms with Crippen LogP contribution in [0.5, 0.6) is 11.5 Å². The molecule has 0 radical (unpaired) electrons. The molecule has 0 atom stereocenters. The molecule has 1 aliphatic carbocycles. The highest BCUT2D eigenvalue weighted by molar-refractivity contribution is 5.95. The van der Waals surface area contributed by atoms with E-state index in [1.807, 2.05) is 62.4 Å². The molecule has 0 unspecified atom stereocenters. The minimum Gasteiger partial charge on any atom is -0.492 e. The molecule has 6 nitrogen and oxygen atoms in total. The summed E-state index contributed by atoms with van der Waals surface area (Å²) < 4.78 is 11.2. The number of hydrogen-bond acceptors (Lipinski definition) is 4. The van der Waals surface area contributed by atoms with E-state index in [1.165, 1.54) is 0 Å². The van der Waals surface area contributed by atoms with Crippen LogP contribution in [0.2, 0.25) is 0 Å². The molecule has 0 heterocycles. The Morgan fingerprint density at radius 1 is 0.733 bits per heavy atom. The van der Waals surface area contributed by atoms with Crippen molar-refractivity contribution in [2.45, 2.75) is 39.5 Å². The predicted molar refractivity (Wildman–Crippen MR) is 118 cm³/mol. The van der Waals surface area contributed by atoms with Crippen LogP contribution in [0.3, 0.4) is 0 Å². The van der Waals surface area contributed by atoms with Crippen LogP contribution in [0.25, 0.3) is 0 Å². The van der Waals surface area contributed by atoms with Gasteiger partial charge in [-0.3, -0.25) is 9.59 Å². The van der Waals surface area contributed by atoms with Crippen molar-refractivity contribution in [2.24, 2.45) is 11.8 Å². The summed E-state index contributed by atoms with van der Waals surface area (Å²) in [5, 5.41) is 5.98. The molecule has 0 saturated heterocycles. The van der Waals surface area contributed by atoms with Crippen molar-refractivity contribution < 1.29 is 19.1 Å². The molecule has 0 bridgehead atoms.